The molecule has 0 aliphatic heterocycles. The van der Waals surface area contributed by atoms with E-state index in [1.165, 1.54) is 18.3 Å². The van der Waals surface area contributed by atoms with E-state index in [0.717, 1.165) is 16.3 Å². The van der Waals surface area contributed by atoms with Gasteiger partial charge in [-0.2, -0.15) is 0 Å². The van der Waals surface area contributed by atoms with Gasteiger partial charge in [-0.15, -0.1) is 0 Å². The molecule has 0 radical (unpaired) electrons. The average molecular weight is 892 g/mol. The zero-order valence-electron chi connectivity index (χ0n) is 34.7. The minimum absolute atomic E-state index is 0.0148. The van der Waals surface area contributed by atoms with Crippen molar-refractivity contribution in [3.63, 3.8) is 0 Å². The number of amides is 6. The number of pyridine rings is 1. The smallest absolute Gasteiger partial charge is 0.336 e. The van der Waals surface area contributed by atoms with Crippen molar-refractivity contribution in [2.45, 2.75) is 88.4 Å². The van der Waals surface area contributed by atoms with Gasteiger partial charge in [-0.1, -0.05) is 42.5 Å². The van der Waals surface area contributed by atoms with Crippen LogP contribution >= 0.6 is 0 Å². The van der Waals surface area contributed by atoms with E-state index in [2.05, 4.69) is 42.3 Å². The van der Waals surface area contributed by atoms with Gasteiger partial charge < -0.3 is 57.8 Å². The number of carbonyl (C=O) groups is 9. The third-order valence-corrected chi connectivity index (χ3v) is 10.7. The molecule has 0 bridgehead atoms. The first-order valence-electron chi connectivity index (χ1n) is 20.6. The standard InChI is InChI=1S/C42H53N9O13/c43-51-32-16-14-28(22-45-32)36(55)50-34(41(62)63)38(57)46-21-23-8-12-26(13-9-23)35(54)47-31(20-24-10-11-25-5-1-2-6-27(25)19-24)37(56)44-18-4-3-7-29(39(58)59)48-42(64)49-30(40(60)61)15-17-33(52)53/h1-2,5-6,10-11,14,16,19,22-23,26,29-31,34H,3-4,7-9,12-13,15,17-18,20-21,43H2,(H,44,56)(H,45,51)(H,46,57)(H,47,54)(H,50,55)(H,52,53)(H,58,59)(H,60,61)(H,62,63)(H2,48,49,64). The number of carboxylic acids is 4. The number of nitrogens with one attached hydrogen (secondary N) is 7. The minimum atomic E-state index is -1.87. The second kappa shape index (κ2) is 24.3. The van der Waals surface area contributed by atoms with Crippen LogP contribution in [0.4, 0.5) is 10.6 Å². The number of anilines is 1. The molecule has 0 saturated heterocycles. The number of aromatic nitrogens is 1. The number of hydrogen-bond acceptors (Lipinski definition) is 12. The van der Waals surface area contributed by atoms with Gasteiger partial charge in [0.05, 0.1) is 5.56 Å². The molecule has 4 unspecified atom stereocenters. The van der Waals surface area contributed by atoms with Crippen LogP contribution in [0, 0.1) is 11.8 Å². The summed E-state index contributed by atoms with van der Waals surface area (Å²) in [7, 11) is 0. The molecule has 0 spiro atoms. The second-order valence-electron chi connectivity index (χ2n) is 15.3. The summed E-state index contributed by atoms with van der Waals surface area (Å²) < 4.78 is 0. The maximum Gasteiger partial charge on any atom is 0.336 e. The van der Waals surface area contributed by atoms with Crippen LogP contribution in [-0.4, -0.2) is 116 Å². The van der Waals surface area contributed by atoms with Gasteiger partial charge in [0.2, 0.25) is 17.9 Å². The molecule has 22 nitrogen and oxygen atoms in total. The Morgan fingerprint density at radius 1 is 0.688 bits per heavy atom. The van der Waals surface area contributed by atoms with Crippen molar-refractivity contribution in [1.82, 2.24) is 36.9 Å². The van der Waals surface area contributed by atoms with E-state index in [1.54, 1.807) is 0 Å². The number of hydrazine groups is 1. The zero-order chi connectivity index (χ0) is 46.8. The van der Waals surface area contributed by atoms with Gasteiger partial charge in [-0.3, -0.25) is 24.0 Å². The second-order valence-corrected chi connectivity index (χ2v) is 15.3. The lowest BCUT2D eigenvalue weighted by atomic mass is 9.81. The maximum atomic E-state index is 13.6. The van der Waals surface area contributed by atoms with Gasteiger partial charge in [0.25, 0.3) is 11.8 Å². The topological polar surface area (TPSA) is 358 Å². The highest BCUT2D eigenvalue weighted by Crippen LogP contribution is 2.29. The third kappa shape index (κ3) is 15.5. The van der Waals surface area contributed by atoms with E-state index in [0.29, 0.717) is 25.7 Å². The van der Waals surface area contributed by atoms with Gasteiger partial charge in [-0.05, 0) is 85.8 Å². The number of unbranched alkanes of at least 4 members (excludes halogenated alkanes) is 1. The number of aliphatic carboxylic acids is 4. The molecule has 2 aromatic carbocycles. The number of rotatable bonds is 24. The fraction of sp³-hybridized carbons (Fsp3) is 0.429. The third-order valence-electron chi connectivity index (χ3n) is 10.7. The molecule has 6 amide bonds. The predicted molar refractivity (Wildman–Crippen MR) is 227 cm³/mol. The highest BCUT2D eigenvalue weighted by Gasteiger charge is 2.33. The van der Waals surface area contributed by atoms with E-state index in [-0.39, 0.29) is 62.0 Å². The molecule has 1 aliphatic carbocycles. The summed E-state index contributed by atoms with van der Waals surface area (Å²) in [5, 5.41) is 54.0. The average Bonchev–Trinajstić information content (AvgIpc) is 3.27. The Morgan fingerprint density at radius 3 is 1.97 bits per heavy atom. The van der Waals surface area contributed by atoms with Crippen LogP contribution in [0.1, 0.15) is 73.7 Å². The van der Waals surface area contributed by atoms with Crippen molar-refractivity contribution in [1.29, 1.82) is 0 Å². The Bertz CT molecular complexity index is 2160. The van der Waals surface area contributed by atoms with Crippen molar-refractivity contribution in [3.05, 3.63) is 71.9 Å². The number of benzene rings is 2. The molecule has 1 heterocycles. The van der Waals surface area contributed by atoms with Crippen LogP contribution in [0.15, 0.2) is 60.8 Å². The SMILES string of the molecule is NNc1ccc(C(=O)NC(C(=O)O)C(=O)NCC2CCC(C(=O)NC(Cc3ccc4ccccc4c3)C(=O)NCCCCC(NC(=O)NC(CCC(=O)O)C(=O)O)C(=O)O)CC2)cn1. The highest BCUT2D eigenvalue weighted by atomic mass is 16.4. The predicted octanol–water partition coefficient (Wildman–Crippen LogP) is 0.710. The van der Waals surface area contributed by atoms with Crippen LogP contribution < -0.4 is 43.2 Å². The molecule has 4 rings (SSSR count). The van der Waals surface area contributed by atoms with Crippen molar-refractivity contribution >= 4 is 70.1 Å². The van der Waals surface area contributed by atoms with Crippen molar-refractivity contribution in [2.75, 3.05) is 18.5 Å². The Balaban J connectivity index is 1.29. The number of nitrogen functional groups attached to an aromatic ring is 1. The number of nitrogens with zero attached hydrogens (tertiary/aromatic N) is 1. The molecule has 1 fully saturated rings. The largest absolute Gasteiger partial charge is 0.481 e. The summed E-state index contributed by atoms with van der Waals surface area (Å²) in [5.74, 6) is -3.27. The monoisotopic (exact) mass is 891 g/mol. The highest BCUT2D eigenvalue weighted by molar-refractivity contribution is 6.06. The van der Waals surface area contributed by atoms with E-state index >= 15 is 0 Å². The number of nitrogens with two attached hydrogens (primary N) is 1. The van der Waals surface area contributed by atoms with E-state index < -0.39 is 90.6 Å². The van der Waals surface area contributed by atoms with Gasteiger partial charge in [0.15, 0.2) is 0 Å². The number of hydrogen-bond donors (Lipinski definition) is 12. The van der Waals surface area contributed by atoms with Crippen LogP contribution in [0.25, 0.3) is 10.8 Å². The lowest BCUT2D eigenvalue weighted by Gasteiger charge is -2.29. The molecule has 1 aliphatic rings. The number of carbonyl (C=O) groups excluding carboxylic acids is 5. The molecular formula is C42H53N9O13. The Kier molecular flexibility index (Phi) is 18.7. The summed E-state index contributed by atoms with van der Waals surface area (Å²) in [6.45, 7) is 0.201. The molecule has 1 saturated carbocycles. The number of urea groups is 1. The van der Waals surface area contributed by atoms with Crippen LogP contribution in [-0.2, 0) is 40.0 Å². The molecular weight excluding hydrogens is 839 g/mol. The van der Waals surface area contributed by atoms with Crippen LogP contribution in [0.2, 0.25) is 0 Å². The van der Waals surface area contributed by atoms with Crippen molar-refractivity contribution in [3.8, 4) is 0 Å². The van der Waals surface area contributed by atoms with Crippen molar-refractivity contribution < 1.29 is 63.6 Å². The van der Waals surface area contributed by atoms with Gasteiger partial charge >= 0.3 is 29.9 Å². The Hall–Kier alpha value is -7.36. The molecule has 4 atom stereocenters. The van der Waals surface area contributed by atoms with Crippen molar-refractivity contribution in [2.24, 2.45) is 17.7 Å². The first-order valence-corrected chi connectivity index (χ1v) is 20.6. The summed E-state index contributed by atoms with van der Waals surface area (Å²) >= 11 is 0. The summed E-state index contributed by atoms with van der Waals surface area (Å²) in [6, 6.07) is 9.21. The first-order chi connectivity index (χ1) is 30.5. The van der Waals surface area contributed by atoms with Gasteiger partial charge in [0, 0.05) is 38.0 Å². The zero-order valence-corrected chi connectivity index (χ0v) is 34.7. The molecule has 3 aromatic rings. The fourth-order valence-electron chi connectivity index (χ4n) is 7.09. The first kappa shape index (κ1) is 49.3. The normalized spacial score (nSPS) is 16.4. The van der Waals surface area contributed by atoms with Gasteiger partial charge in [0.1, 0.15) is 23.9 Å². The molecule has 344 valence electrons. The molecule has 64 heavy (non-hydrogen) atoms. The van der Waals surface area contributed by atoms with E-state index in [1.807, 2.05) is 42.5 Å². The molecule has 22 heteroatoms. The number of fused-ring (bicyclic) bond motifs is 1. The molecule has 13 N–H and O–H groups in total. The van der Waals surface area contributed by atoms with Crippen LogP contribution in [0.3, 0.4) is 0 Å². The Morgan fingerprint density at radius 2 is 1.36 bits per heavy atom. The Labute approximate surface area is 366 Å². The van der Waals surface area contributed by atoms with E-state index in [9.17, 15) is 58.5 Å². The van der Waals surface area contributed by atoms with Gasteiger partial charge in [-0.25, -0.2) is 30.0 Å². The lowest BCUT2D eigenvalue weighted by Crippen LogP contribution is -2.52. The fourth-order valence-corrected chi connectivity index (χ4v) is 7.09. The van der Waals surface area contributed by atoms with E-state index in [4.69, 9.17) is 10.9 Å². The summed E-state index contributed by atoms with van der Waals surface area (Å²) in [4.78, 5) is 115. The molecule has 1 aromatic heterocycles. The summed E-state index contributed by atoms with van der Waals surface area (Å²) in [5.41, 5.74) is 3.10. The number of carboxylic acid groups (broad SMARTS) is 4. The minimum Gasteiger partial charge on any atom is -0.481 e. The quantitative estimate of drug-likeness (QED) is 0.0255. The maximum absolute atomic E-state index is 13.6. The van der Waals surface area contributed by atoms with Crippen LogP contribution in [0.5, 0.6) is 0 Å². The summed E-state index contributed by atoms with van der Waals surface area (Å²) in [6.07, 6.45) is 2.67. The lowest BCUT2D eigenvalue weighted by molar-refractivity contribution is -0.144.